The maximum Gasteiger partial charge on any atom is 0.165 e. The van der Waals surface area contributed by atoms with Gasteiger partial charge in [-0.05, 0) is 30.9 Å². The molecule has 3 N–H and O–H groups in total. The summed E-state index contributed by atoms with van der Waals surface area (Å²) in [7, 11) is 0. The fourth-order valence-corrected chi connectivity index (χ4v) is 2.64. The topological polar surface area (TPSA) is 74.7 Å². The highest BCUT2D eigenvalue weighted by atomic mass is 15.0. The molecule has 1 saturated carbocycles. The molecule has 4 nitrogen and oxygen atoms in total. The molecule has 0 aromatic carbocycles. The zero-order valence-corrected chi connectivity index (χ0v) is 10.8. The lowest BCUT2D eigenvalue weighted by Crippen LogP contribution is -2.27. The van der Waals surface area contributed by atoms with E-state index >= 15 is 0 Å². The molecule has 1 aromatic rings. The molecule has 0 saturated heterocycles. The second kappa shape index (κ2) is 5.72. The lowest BCUT2D eigenvalue weighted by Gasteiger charge is -2.29. The van der Waals surface area contributed by atoms with Gasteiger partial charge in [-0.3, -0.25) is 0 Å². The predicted octanol–water partition coefficient (Wildman–Crippen LogP) is 2.92. The summed E-state index contributed by atoms with van der Waals surface area (Å²) in [6.45, 7) is 2.25. The van der Waals surface area contributed by atoms with Crippen molar-refractivity contribution in [1.82, 2.24) is 4.98 Å². The smallest absolute Gasteiger partial charge is 0.165 e. The van der Waals surface area contributed by atoms with Gasteiger partial charge >= 0.3 is 0 Å². The number of pyridine rings is 1. The molecule has 1 heterocycles. The molecule has 0 amide bonds. The molecule has 1 aliphatic rings. The van der Waals surface area contributed by atoms with Gasteiger partial charge in [0.05, 0.1) is 5.69 Å². The largest absolute Gasteiger partial charge is 0.396 e. The molecule has 2 atom stereocenters. The Hall–Kier alpha value is -1.76. The molecule has 0 radical (unpaired) electrons. The average molecular weight is 244 g/mol. The molecule has 1 fully saturated rings. The van der Waals surface area contributed by atoms with E-state index in [4.69, 9.17) is 11.0 Å². The third-order valence-corrected chi connectivity index (χ3v) is 3.74. The van der Waals surface area contributed by atoms with Crippen molar-refractivity contribution in [3.05, 3.63) is 17.8 Å². The number of rotatable bonds is 3. The Labute approximate surface area is 108 Å². The predicted molar refractivity (Wildman–Crippen MR) is 73.0 cm³/mol. The Morgan fingerprint density at radius 3 is 3.06 bits per heavy atom. The molecule has 1 aromatic heterocycles. The summed E-state index contributed by atoms with van der Waals surface area (Å²) in [6.07, 6.45) is 6.25. The van der Waals surface area contributed by atoms with E-state index in [-0.39, 0.29) is 0 Å². The van der Waals surface area contributed by atoms with Crippen LogP contribution in [-0.4, -0.2) is 11.0 Å². The van der Waals surface area contributed by atoms with Gasteiger partial charge in [0, 0.05) is 6.04 Å². The Morgan fingerprint density at radius 1 is 1.50 bits per heavy atom. The van der Waals surface area contributed by atoms with Crippen LogP contribution in [-0.2, 0) is 0 Å². The van der Waals surface area contributed by atoms with Crippen LogP contribution in [0.4, 0.5) is 11.5 Å². The van der Waals surface area contributed by atoms with Gasteiger partial charge in [0.2, 0.25) is 0 Å². The lowest BCUT2D eigenvalue weighted by atomic mass is 9.84. The van der Waals surface area contributed by atoms with Gasteiger partial charge in [0.15, 0.2) is 5.69 Å². The maximum absolute atomic E-state index is 8.91. The van der Waals surface area contributed by atoms with Crippen LogP contribution in [0.1, 0.15) is 44.7 Å². The lowest BCUT2D eigenvalue weighted by molar-refractivity contribution is 0.327. The minimum absolute atomic E-state index is 0.308. The first kappa shape index (κ1) is 12.7. The number of hydrogen-bond acceptors (Lipinski definition) is 4. The Morgan fingerprint density at radius 2 is 2.33 bits per heavy atom. The summed E-state index contributed by atoms with van der Waals surface area (Å²) in [5.41, 5.74) is 6.41. The van der Waals surface area contributed by atoms with Crippen molar-refractivity contribution in [2.75, 3.05) is 11.1 Å². The number of nitrogens with one attached hydrogen (secondary N) is 1. The van der Waals surface area contributed by atoms with Crippen molar-refractivity contribution in [3.8, 4) is 6.07 Å². The van der Waals surface area contributed by atoms with Crippen LogP contribution in [0.2, 0.25) is 0 Å². The normalized spacial score (nSPS) is 23.3. The first-order chi connectivity index (χ1) is 8.72. The van der Waals surface area contributed by atoms with Gasteiger partial charge in [-0.1, -0.05) is 26.2 Å². The standard InChI is InChI=1S/C14H20N4/c1-2-10-4-3-5-11(8-10)17-14-7-6-12(16)13(9-15)18-14/h6-7,10-11H,2-5,8,16H2,1H3,(H,17,18). The van der Waals surface area contributed by atoms with E-state index in [1.807, 2.05) is 12.1 Å². The number of nitrogens with zero attached hydrogens (tertiary/aromatic N) is 2. The summed E-state index contributed by atoms with van der Waals surface area (Å²) in [5, 5.41) is 12.3. The fraction of sp³-hybridized carbons (Fsp3) is 0.571. The number of nitrogen functional groups attached to an aromatic ring is 1. The monoisotopic (exact) mass is 244 g/mol. The first-order valence-corrected chi connectivity index (χ1v) is 6.66. The van der Waals surface area contributed by atoms with Gasteiger partial charge in [-0.25, -0.2) is 4.98 Å². The third-order valence-electron chi connectivity index (χ3n) is 3.74. The number of hydrogen-bond donors (Lipinski definition) is 2. The van der Waals surface area contributed by atoms with Crippen LogP contribution in [0, 0.1) is 17.2 Å². The van der Waals surface area contributed by atoms with E-state index in [9.17, 15) is 0 Å². The van der Waals surface area contributed by atoms with E-state index in [0.717, 1.165) is 11.7 Å². The van der Waals surface area contributed by atoms with E-state index in [1.54, 1.807) is 6.07 Å². The minimum atomic E-state index is 0.308. The van der Waals surface area contributed by atoms with E-state index in [1.165, 1.54) is 32.1 Å². The van der Waals surface area contributed by atoms with Crippen LogP contribution >= 0.6 is 0 Å². The highest BCUT2D eigenvalue weighted by Crippen LogP contribution is 2.28. The van der Waals surface area contributed by atoms with Crippen LogP contribution in [0.3, 0.4) is 0 Å². The first-order valence-electron chi connectivity index (χ1n) is 6.66. The van der Waals surface area contributed by atoms with Crippen molar-refractivity contribution in [3.63, 3.8) is 0 Å². The Bertz CT molecular complexity index is 450. The zero-order valence-electron chi connectivity index (χ0n) is 10.8. The van der Waals surface area contributed by atoms with Gasteiger partial charge in [0.1, 0.15) is 11.9 Å². The number of aromatic nitrogens is 1. The van der Waals surface area contributed by atoms with E-state index in [0.29, 0.717) is 17.4 Å². The van der Waals surface area contributed by atoms with Gasteiger partial charge in [0.25, 0.3) is 0 Å². The minimum Gasteiger partial charge on any atom is -0.396 e. The fourth-order valence-electron chi connectivity index (χ4n) is 2.64. The van der Waals surface area contributed by atoms with Crippen molar-refractivity contribution >= 4 is 11.5 Å². The van der Waals surface area contributed by atoms with Crippen LogP contribution < -0.4 is 11.1 Å². The highest BCUT2D eigenvalue weighted by Gasteiger charge is 2.20. The molecule has 1 aliphatic carbocycles. The summed E-state index contributed by atoms with van der Waals surface area (Å²) in [4.78, 5) is 4.24. The summed E-state index contributed by atoms with van der Waals surface area (Å²) >= 11 is 0. The molecular weight excluding hydrogens is 224 g/mol. The molecule has 2 rings (SSSR count). The van der Waals surface area contributed by atoms with Gasteiger partial charge in [-0.15, -0.1) is 0 Å². The second-order valence-corrected chi connectivity index (χ2v) is 5.03. The Kier molecular flexibility index (Phi) is 4.03. The summed E-state index contributed by atoms with van der Waals surface area (Å²) in [5.74, 6) is 1.59. The summed E-state index contributed by atoms with van der Waals surface area (Å²) in [6, 6.07) is 6.09. The highest BCUT2D eigenvalue weighted by molar-refractivity contribution is 5.54. The molecule has 0 bridgehead atoms. The maximum atomic E-state index is 8.91. The van der Waals surface area contributed by atoms with Crippen molar-refractivity contribution in [2.24, 2.45) is 5.92 Å². The molecule has 2 unspecified atom stereocenters. The molecule has 18 heavy (non-hydrogen) atoms. The second-order valence-electron chi connectivity index (χ2n) is 5.03. The quantitative estimate of drug-likeness (QED) is 0.857. The molecule has 4 heteroatoms. The van der Waals surface area contributed by atoms with Crippen LogP contribution in [0.5, 0.6) is 0 Å². The van der Waals surface area contributed by atoms with Gasteiger partial charge in [-0.2, -0.15) is 5.26 Å². The van der Waals surface area contributed by atoms with Crippen molar-refractivity contribution in [1.29, 1.82) is 5.26 Å². The number of nitriles is 1. The van der Waals surface area contributed by atoms with E-state index in [2.05, 4.69) is 17.2 Å². The molecular formula is C14H20N4. The molecule has 96 valence electrons. The van der Waals surface area contributed by atoms with E-state index < -0.39 is 0 Å². The Balaban J connectivity index is 2.03. The average Bonchev–Trinajstić information content (AvgIpc) is 2.41. The SMILES string of the molecule is CCC1CCCC(Nc2ccc(N)c(C#N)n2)C1. The number of anilines is 2. The molecule has 0 aliphatic heterocycles. The number of nitrogens with two attached hydrogens (primary N) is 1. The molecule has 0 spiro atoms. The van der Waals surface area contributed by atoms with Crippen LogP contribution in [0.25, 0.3) is 0 Å². The van der Waals surface area contributed by atoms with Crippen molar-refractivity contribution in [2.45, 2.75) is 45.1 Å². The summed E-state index contributed by atoms with van der Waals surface area (Å²) < 4.78 is 0. The van der Waals surface area contributed by atoms with Crippen molar-refractivity contribution < 1.29 is 0 Å². The van der Waals surface area contributed by atoms with Gasteiger partial charge < -0.3 is 11.1 Å². The van der Waals surface area contributed by atoms with Crippen LogP contribution in [0.15, 0.2) is 12.1 Å². The zero-order chi connectivity index (χ0) is 13.0. The third kappa shape index (κ3) is 2.92.